The van der Waals surface area contributed by atoms with E-state index in [2.05, 4.69) is 80.6 Å². The maximum Gasteiger partial charge on any atom is 0.0305 e. The Morgan fingerprint density at radius 2 is 1.25 bits per heavy atom. The lowest BCUT2D eigenvalue weighted by molar-refractivity contribution is 0.904. The molecule has 2 aromatic carbocycles. The third kappa shape index (κ3) is 2.46. The topological polar surface area (TPSA) is 0 Å². The van der Waals surface area contributed by atoms with Gasteiger partial charge in [0, 0.05) is 5.92 Å². The van der Waals surface area contributed by atoms with Crippen LogP contribution in [0.15, 0.2) is 83.5 Å². The fraction of sp³-hybridized carbons (Fsp3) is 0.200. The molecule has 0 aromatic heterocycles. The summed E-state index contributed by atoms with van der Waals surface area (Å²) in [5.74, 6) is 0.379. The van der Waals surface area contributed by atoms with E-state index in [9.17, 15) is 0 Å². The van der Waals surface area contributed by atoms with Gasteiger partial charge in [-0.1, -0.05) is 83.5 Å². The summed E-state index contributed by atoms with van der Waals surface area (Å²) in [6.07, 6.45) is 3.47. The van der Waals surface area contributed by atoms with Crippen molar-refractivity contribution < 1.29 is 0 Å². The molecule has 1 aliphatic carbocycles. The Morgan fingerprint density at radius 1 is 0.750 bits per heavy atom. The van der Waals surface area contributed by atoms with E-state index in [-0.39, 0.29) is 0 Å². The van der Waals surface area contributed by atoms with Crippen LogP contribution in [-0.2, 0) is 0 Å². The molecule has 0 aliphatic heterocycles. The van der Waals surface area contributed by atoms with Crippen molar-refractivity contribution >= 4 is 0 Å². The molecule has 0 saturated carbocycles. The van der Waals surface area contributed by atoms with E-state index < -0.39 is 0 Å². The fourth-order valence-electron chi connectivity index (χ4n) is 2.99. The molecule has 0 bridgehead atoms. The van der Waals surface area contributed by atoms with E-state index in [4.69, 9.17) is 0 Å². The molecule has 0 saturated heterocycles. The first-order valence-corrected chi connectivity index (χ1v) is 7.22. The summed E-state index contributed by atoms with van der Waals surface area (Å²) in [4.78, 5) is 0. The van der Waals surface area contributed by atoms with Crippen molar-refractivity contribution in [2.45, 2.75) is 26.2 Å². The lowest BCUT2D eigenvalue weighted by Gasteiger charge is -2.20. The summed E-state index contributed by atoms with van der Waals surface area (Å²) >= 11 is 0. The molecule has 0 heteroatoms. The summed E-state index contributed by atoms with van der Waals surface area (Å²) in [6, 6.07) is 21.7. The van der Waals surface area contributed by atoms with E-state index in [1.54, 1.807) is 0 Å². The molecule has 0 fully saturated rings. The summed E-state index contributed by atoms with van der Waals surface area (Å²) in [5.41, 5.74) is 7.20. The Kier molecular flexibility index (Phi) is 3.56. The zero-order valence-electron chi connectivity index (χ0n) is 12.1. The van der Waals surface area contributed by atoms with Gasteiger partial charge in [0.25, 0.3) is 0 Å². The molecule has 0 heterocycles. The first-order valence-electron chi connectivity index (χ1n) is 7.22. The van der Waals surface area contributed by atoms with E-state index >= 15 is 0 Å². The maximum absolute atomic E-state index is 2.38. The third-order valence-electron chi connectivity index (χ3n) is 4.18. The van der Waals surface area contributed by atoms with Crippen LogP contribution in [0.2, 0.25) is 0 Å². The highest BCUT2D eigenvalue weighted by Crippen LogP contribution is 2.39. The minimum absolute atomic E-state index is 0.379. The Morgan fingerprint density at radius 3 is 1.65 bits per heavy atom. The highest BCUT2D eigenvalue weighted by Gasteiger charge is 2.22. The van der Waals surface area contributed by atoms with E-state index in [0.29, 0.717) is 5.92 Å². The molecule has 0 spiro atoms. The Labute approximate surface area is 121 Å². The largest absolute Gasteiger partial charge is 0.0663 e. The molecule has 0 atom stereocenters. The average molecular weight is 260 g/mol. The van der Waals surface area contributed by atoms with Crippen LogP contribution >= 0.6 is 0 Å². The van der Waals surface area contributed by atoms with Crippen molar-refractivity contribution in [3.8, 4) is 0 Å². The number of benzene rings is 2. The lowest BCUT2D eigenvalue weighted by Crippen LogP contribution is -2.04. The van der Waals surface area contributed by atoms with Gasteiger partial charge < -0.3 is 0 Å². The van der Waals surface area contributed by atoms with Crippen LogP contribution in [0, 0.1) is 0 Å². The van der Waals surface area contributed by atoms with Crippen molar-refractivity contribution in [2.75, 3.05) is 0 Å². The van der Waals surface area contributed by atoms with Gasteiger partial charge in [-0.2, -0.15) is 0 Å². The van der Waals surface area contributed by atoms with Crippen LogP contribution in [0.3, 0.4) is 0 Å². The molecule has 0 N–H and O–H groups in total. The molecule has 0 radical (unpaired) electrons. The average Bonchev–Trinajstić information content (AvgIpc) is 2.81. The van der Waals surface area contributed by atoms with Crippen LogP contribution in [0.4, 0.5) is 0 Å². The minimum Gasteiger partial charge on any atom is -0.0663 e. The minimum atomic E-state index is 0.379. The predicted molar refractivity (Wildman–Crippen MR) is 85.8 cm³/mol. The zero-order valence-corrected chi connectivity index (χ0v) is 12.1. The highest BCUT2D eigenvalue weighted by molar-refractivity contribution is 5.48. The number of rotatable bonds is 3. The molecule has 0 unspecified atom stereocenters. The standard InChI is InChI=1S/C20H20/c1-15-13-19(14-16(15)2)20(17-9-5-3-6-10-17)18-11-7-4-8-12-18/h3-13,20H,14H2,1-2H3. The van der Waals surface area contributed by atoms with Crippen LogP contribution in [-0.4, -0.2) is 0 Å². The van der Waals surface area contributed by atoms with Gasteiger partial charge in [0.2, 0.25) is 0 Å². The second-order valence-corrected chi connectivity index (χ2v) is 5.61. The van der Waals surface area contributed by atoms with E-state index in [1.165, 1.54) is 27.8 Å². The van der Waals surface area contributed by atoms with Crippen LogP contribution in [0.1, 0.15) is 37.3 Å². The van der Waals surface area contributed by atoms with Gasteiger partial charge in [-0.05, 0) is 31.4 Å². The van der Waals surface area contributed by atoms with Crippen LogP contribution < -0.4 is 0 Å². The normalized spacial score (nSPS) is 14.8. The van der Waals surface area contributed by atoms with Gasteiger partial charge in [0.1, 0.15) is 0 Å². The van der Waals surface area contributed by atoms with Gasteiger partial charge in [-0.3, -0.25) is 0 Å². The fourth-order valence-corrected chi connectivity index (χ4v) is 2.99. The first-order chi connectivity index (χ1) is 9.75. The van der Waals surface area contributed by atoms with Gasteiger partial charge in [-0.15, -0.1) is 0 Å². The third-order valence-corrected chi connectivity index (χ3v) is 4.18. The molecule has 1 aliphatic rings. The van der Waals surface area contributed by atoms with Crippen molar-refractivity contribution in [2.24, 2.45) is 0 Å². The second kappa shape index (κ2) is 5.50. The van der Waals surface area contributed by atoms with Crippen molar-refractivity contribution in [3.63, 3.8) is 0 Å². The summed E-state index contributed by atoms with van der Waals surface area (Å²) in [6.45, 7) is 4.46. The summed E-state index contributed by atoms with van der Waals surface area (Å²) in [5, 5.41) is 0. The van der Waals surface area contributed by atoms with Crippen LogP contribution in [0.5, 0.6) is 0 Å². The Balaban J connectivity index is 2.05. The molecule has 0 amide bonds. The smallest absolute Gasteiger partial charge is 0.0305 e. The lowest BCUT2D eigenvalue weighted by atomic mass is 9.84. The molecular weight excluding hydrogens is 240 g/mol. The van der Waals surface area contributed by atoms with Gasteiger partial charge in [0.15, 0.2) is 0 Å². The van der Waals surface area contributed by atoms with Crippen molar-refractivity contribution in [1.29, 1.82) is 0 Å². The van der Waals surface area contributed by atoms with Gasteiger partial charge in [0.05, 0.1) is 0 Å². The summed E-state index contributed by atoms with van der Waals surface area (Å²) in [7, 11) is 0. The molecule has 2 aromatic rings. The van der Waals surface area contributed by atoms with E-state index in [1.807, 2.05) is 0 Å². The van der Waals surface area contributed by atoms with Gasteiger partial charge >= 0.3 is 0 Å². The predicted octanol–water partition coefficient (Wildman–Crippen LogP) is 5.49. The van der Waals surface area contributed by atoms with Gasteiger partial charge in [-0.25, -0.2) is 0 Å². The first kappa shape index (κ1) is 12.9. The van der Waals surface area contributed by atoms with Crippen molar-refractivity contribution in [3.05, 3.63) is 94.6 Å². The zero-order chi connectivity index (χ0) is 13.9. The molecule has 20 heavy (non-hydrogen) atoms. The molecular formula is C20H20. The van der Waals surface area contributed by atoms with Crippen molar-refractivity contribution in [1.82, 2.24) is 0 Å². The summed E-state index contributed by atoms with van der Waals surface area (Å²) < 4.78 is 0. The van der Waals surface area contributed by atoms with E-state index in [0.717, 1.165) is 6.42 Å². The second-order valence-electron chi connectivity index (χ2n) is 5.61. The molecule has 3 rings (SSSR count). The maximum atomic E-state index is 2.38. The monoisotopic (exact) mass is 260 g/mol. The Bertz CT molecular complexity index is 605. The molecule has 0 nitrogen and oxygen atoms in total. The number of hydrogen-bond donors (Lipinski definition) is 0. The molecule has 100 valence electrons. The highest BCUT2D eigenvalue weighted by atomic mass is 14.3. The Hall–Kier alpha value is -2.08. The number of allylic oxidation sites excluding steroid dienone is 4. The quantitative estimate of drug-likeness (QED) is 0.685. The number of hydrogen-bond acceptors (Lipinski definition) is 0. The van der Waals surface area contributed by atoms with Crippen LogP contribution in [0.25, 0.3) is 0 Å². The SMILES string of the molecule is CC1=C(C)CC(C(c2ccccc2)c2ccccc2)=C1.